The third-order valence-electron chi connectivity index (χ3n) is 7.07. The van der Waals surface area contributed by atoms with Crippen LogP contribution in [0.3, 0.4) is 0 Å². The van der Waals surface area contributed by atoms with Crippen LogP contribution in [0.1, 0.15) is 54.4 Å². The second-order valence-corrected chi connectivity index (χ2v) is 9.32. The van der Waals surface area contributed by atoms with Gasteiger partial charge in [0.15, 0.2) is 0 Å². The number of rotatable bonds is 7. The van der Waals surface area contributed by atoms with Crippen molar-refractivity contribution >= 4 is 22.4 Å². The lowest BCUT2D eigenvalue weighted by Crippen LogP contribution is -2.50. The largest absolute Gasteiger partial charge is 0.365 e. The summed E-state index contributed by atoms with van der Waals surface area (Å²) in [6.07, 6.45) is 1.70. The Balaban J connectivity index is 1.44. The quantitative estimate of drug-likeness (QED) is 0.500. The highest BCUT2D eigenvalue weighted by Crippen LogP contribution is 2.29. The molecule has 2 aromatic heterocycles. The normalized spacial score (nSPS) is 16.4. The van der Waals surface area contributed by atoms with Crippen LogP contribution in [0, 0.1) is 18.7 Å². The molecule has 0 spiro atoms. The van der Waals surface area contributed by atoms with Crippen molar-refractivity contribution in [2.75, 3.05) is 31.1 Å². The van der Waals surface area contributed by atoms with Crippen molar-refractivity contribution < 1.29 is 13.6 Å². The summed E-state index contributed by atoms with van der Waals surface area (Å²) < 4.78 is 28.2. The lowest BCUT2D eigenvalue weighted by molar-refractivity contribution is 0.0994. The number of pyridine rings is 2. The summed E-state index contributed by atoms with van der Waals surface area (Å²) in [7, 11) is 0. The molecule has 186 valence electrons. The number of piperazine rings is 1. The highest BCUT2D eigenvalue weighted by molar-refractivity contribution is 5.91. The molecule has 1 saturated heterocycles. The number of nitrogens with one attached hydrogen (secondary N) is 1. The van der Waals surface area contributed by atoms with Crippen LogP contribution in [0.5, 0.6) is 0 Å². The van der Waals surface area contributed by atoms with Gasteiger partial charge in [-0.2, -0.15) is 4.39 Å². The van der Waals surface area contributed by atoms with Gasteiger partial charge in [-0.1, -0.05) is 6.92 Å². The number of aromatic nitrogens is 2. The predicted octanol–water partition coefficient (Wildman–Crippen LogP) is 3.70. The number of H-pyrrole nitrogens is 1. The number of nitrogens with zero attached hydrogens (tertiary/aromatic N) is 3. The zero-order chi connectivity index (χ0) is 25.3. The minimum atomic E-state index is -0.755. The summed E-state index contributed by atoms with van der Waals surface area (Å²) in [5.74, 6) is -1.71. The topological polar surface area (TPSA) is 95.3 Å². The van der Waals surface area contributed by atoms with Gasteiger partial charge in [0.05, 0.1) is 11.1 Å². The van der Waals surface area contributed by atoms with E-state index >= 15 is 0 Å². The van der Waals surface area contributed by atoms with Gasteiger partial charge >= 0.3 is 0 Å². The van der Waals surface area contributed by atoms with Crippen molar-refractivity contribution in [2.24, 2.45) is 5.73 Å². The van der Waals surface area contributed by atoms with E-state index in [0.29, 0.717) is 24.2 Å². The molecule has 3 aromatic rings. The van der Waals surface area contributed by atoms with E-state index < -0.39 is 17.7 Å². The molecule has 0 saturated carbocycles. The van der Waals surface area contributed by atoms with Gasteiger partial charge in [-0.15, -0.1) is 0 Å². The van der Waals surface area contributed by atoms with Gasteiger partial charge in [0, 0.05) is 43.8 Å². The number of primary amides is 1. The van der Waals surface area contributed by atoms with Crippen molar-refractivity contribution in [2.45, 2.75) is 45.6 Å². The molecule has 7 nitrogen and oxygen atoms in total. The average molecular weight is 484 g/mol. The van der Waals surface area contributed by atoms with Gasteiger partial charge < -0.3 is 15.6 Å². The molecule has 1 fully saturated rings. The SMILES string of the molecule is CCC(CC(C)N1CCN(c2ccc(C(N)=O)nc2F)CC1)c1cc2c(C)cc(F)cc2c(=O)[nH]1. The van der Waals surface area contributed by atoms with Crippen LogP contribution < -0.4 is 16.2 Å². The summed E-state index contributed by atoms with van der Waals surface area (Å²) in [5.41, 5.74) is 6.81. The molecule has 1 aliphatic heterocycles. The molecule has 35 heavy (non-hydrogen) atoms. The predicted molar refractivity (Wildman–Crippen MR) is 133 cm³/mol. The lowest BCUT2D eigenvalue weighted by Gasteiger charge is -2.40. The molecule has 3 N–H and O–H groups in total. The highest BCUT2D eigenvalue weighted by Gasteiger charge is 2.26. The molecular formula is C26H31F2N5O2. The number of hydrogen-bond acceptors (Lipinski definition) is 5. The summed E-state index contributed by atoms with van der Waals surface area (Å²) in [6, 6.07) is 7.97. The fourth-order valence-corrected chi connectivity index (χ4v) is 5.02. The van der Waals surface area contributed by atoms with Crippen LogP contribution >= 0.6 is 0 Å². The first-order chi connectivity index (χ1) is 16.7. The Morgan fingerprint density at radius 2 is 1.86 bits per heavy atom. The van der Waals surface area contributed by atoms with E-state index in [1.54, 1.807) is 6.07 Å². The number of amides is 1. The number of carbonyl (C=O) groups is 1. The summed E-state index contributed by atoms with van der Waals surface area (Å²) in [5, 5.41) is 1.15. The van der Waals surface area contributed by atoms with Gasteiger partial charge in [0.2, 0.25) is 5.95 Å². The Hall–Kier alpha value is -3.33. The molecule has 0 bridgehead atoms. The molecule has 0 radical (unpaired) electrons. The molecule has 9 heteroatoms. The zero-order valence-electron chi connectivity index (χ0n) is 20.3. The maximum absolute atomic E-state index is 14.4. The van der Waals surface area contributed by atoms with Crippen molar-refractivity contribution in [3.8, 4) is 0 Å². The molecule has 2 unspecified atom stereocenters. The number of carbonyl (C=O) groups excluding carboxylic acids is 1. The van der Waals surface area contributed by atoms with E-state index in [2.05, 4.69) is 28.7 Å². The summed E-state index contributed by atoms with van der Waals surface area (Å²) >= 11 is 0. The second-order valence-electron chi connectivity index (χ2n) is 9.32. The number of halogens is 2. The van der Waals surface area contributed by atoms with E-state index in [4.69, 9.17) is 5.73 Å². The Bertz CT molecular complexity index is 1300. The van der Waals surface area contributed by atoms with E-state index in [0.717, 1.165) is 42.6 Å². The van der Waals surface area contributed by atoms with Gasteiger partial charge in [-0.25, -0.2) is 9.37 Å². The fourth-order valence-electron chi connectivity index (χ4n) is 5.02. The van der Waals surface area contributed by atoms with E-state index in [1.165, 1.54) is 18.2 Å². The third-order valence-corrected chi connectivity index (χ3v) is 7.07. The van der Waals surface area contributed by atoms with Gasteiger partial charge in [0.1, 0.15) is 11.5 Å². The molecule has 1 aromatic carbocycles. The monoisotopic (exact) mass is 483 g/mol. The fraction of sp³-hybridized carbons (Fsp3) is 0.423. The molecule has 1 amide bonds. The first kappa shape index (κ1) is 24.8. The van der Waals surface area contributed by atoms with Crippen LogP contribution in [0.4, 0.5) is 14.5 Å². The molecule has 0 aliphatic carbocycles. The molecule has 3 heterocycles. The van der Waals surface area contributed by atoms with E-state index in [9.17, 15) is 18.4 Å². The Morgan fingerprint density at radius 3 is 2.49 bits per heavy atom. The van der Waals surface area contributed by atoms with Crippen molar-refractivity contribution in [3.05, 3.63) is 69.4 Å². The minimum Gasteiger partial charge on any atom is -0.365 e. The van der Waals surface area contributed by atoms with Crippen LogP contribution in [-0.4, -0.2) is 53.0 Å². The van der Waals surface area contributed by atoms with Crippen molar-refractivity contribution in [3.63, 3.8) is 0 Å². The number of benzene rings is 1. The van der Waals surface area contributed by atoms with E-state index in [1.807, 2.05) is 17.9 Å². The number of aromatic amines is 1. The summed E-state index contributed by atoms with van der Waals surface area (Å²) in [6.45, 7) is 8.85. The third kappa shape index (κ3) is 5.19. The summed E-state index contributed by atoms with van der Waals surface area (Å²) in [4.78, 5) is 34.8. The van der Waals surface area contributed by atoms with Gasteiger partial charge in [-0.05, 0) is 68.0 Å². The van der Waals surface area contributed by atoms with Crippen LogP contribution in [-0.2, 0) is 0 Å². The van der Waals surface area contributed by atoms with Gasteiger partial charge in [0.25, 0.3) is 11.5 Å². The number of anilines is 1. The van der Waals surface area contributed by atoms with Gasteiger partial charge in [-0.3, -0.25) is 14.5 Å². The Kier molecular flexibility index (Phi) is 7.16. The minimum absolute atomic E-state index is 0.0869. The molecular weight excluding hydrogens is 452 g/mol. The van der Waals surface area contributed by atoms with Crippen LogP contribution in [0.2, 0.25) is 0 Å². The maximum atomic E-state index is 14.4. The molecule has 1 aliphatic rings. The van der Waals surface area contributed by atoms with Crippen molar-refractivity contribution in [1.82, 2.24) is 14.9 Å². The highest BCUT2D eigenvalue weighted by atomic mass is 19.1. The Morgan fingerprint density at radius 1 is 1.14 bits per heavy atom. The van der Waals surface area contributed by atoms with Crippen LogP contribution in [0.15, 0.2) is 35.1 Å². The maximum Gasteiger partial charge on any atom is 0.267 e. The number of nitrogens with two attached hydrogens (primary N) is 1. The zero-order valence-corrected chi connectivity index (χ0v) is 20.3. The number of aryl methyl sites for hydroxylation is 1. The lowest BCUT2D eigenvalue weighted by atomic mass is 9.91. The number of hydrogen-bond donors (Lipinski definition) is 2. The molecule has 4 rings (SSSR count). The average Bonchev–Trinajstić information content (AvgIpc) is 2.83. The smallest absolute Gasteiger partial charge is 0.267 e. The van der Waals surface area contributed by atoms with Crippen LogP contribution in [0.25, 0.3) is 10.8 Å². The molecule has 2 atom stereocenters. The number of fused-ring (bicyclic) bond motifs is 1. The Labute approximate surface area is 202 Å². The standard InChI is InChI=1S/C26H31F2N5O2/c1-4-17(22-14-19-15(2)11-18(27)13-20(19)26(35)31-22)12-16(3)32-7-9-33(10-8-32)23-6-5-21(25(29)34)30-24(23)28/h5-6,11,13-14,16-17H,4,7-10,12H2,1-3H3,(H2,29,34)(H,31,35). The first-order valence-corrected chi connectivity index (χ1v) is 12.0. The van der Waals surface area contributed by atoms with Crippen molar-refractivity contribution in [1.29, 1.82) is 0 Å². The van der Waals surface area contributed by atoms with E-state index in [-0.39, 0.29) is 23.2 Å². The first-order valence-electron chi connectivity index (χ1n) is 12.0. The second kappa shape index (κ2) is 10.1.